The highest BCUT2D eigenvalue weighted by Gasteiger charge is 2.19. The van der Waals surface area contributed by atoms with E-state index >= 15 is 0 Å². The van der Waals surface area contributed by atoms with Crippen LogP contribution in [0.1, 0.15) is 26.3 Å². The van der Waals surface area contributed by atoms with Crippen molar-refractivity contribution in [2.24, 2.45) is 0 Å². The second-order valence-electron chi connectivity index (χ2n) is 14.2. The van der Waals surface area contributed by atoms with Crippen molar-refractivity contribution in [3.8, 4) is 22.5 Å². The molecule has 0 fully saturated rings. The van der Waals surface area contributed by atoms with E-state index in [0.29, 0.717) is 0 Å². The Balaban J connectivity index is 1.06. The fourth-order valence-electron chi connectivity index (χ4n) is 7.88. The number of nitrogens with zero attached hydrogens (tertiary/aromatic N) is 2. The first-order valence-corrected chi connectivity index (χ1v) is 17.8. The first kappa shape index (κ1) is 28.4. The van der Waals surface area contributed by atoms with Crippen LogP contribution in [0.15, 0.2) is 152 Å². The molecule has 3 aromatic heterocycles. The number of thiophene rings is 1. The van der Waals surface area contributed by atoms with Gasteiger partial charge in [-0.15, -0.1) is 11.3 Å². The third-order valence-corrected chi connectivity index (χ3v) is 11.4. The van der Waals surface area contributed by atoms with Gasteiger partial charge in [0.05, 0.1) is 22.1 Å². The van der Waals surface area contributed by atoms with E-state index in [4.69, 9.17) is 0 Å². The molecule has 234 valence electrons. The highest BCUT2D eigenvalue weighted by atomic mass is 32.1. The summed E-state index contributed by atoms with van der Waals surface area (Å²) in [6, 6.07) is 56.1. The molecule has 0 spiro atoms. The number of para-hydroxylation sites is 2. The van der Waals surface area contributed by atoms with Gasteiger partial charge in [-0.1, -0.05) is 106 Å². The number of fused-ring (bicyclic) bond motifs is 10. The molecule has 10 aromatic rings. The summed E-state index contributed by atoms with van der Waals surface area (Å²) in [6.45, 7) is 6.85. The maximum absolute atomic E-state index is 2.43. The smallest absolute Gasteiger partial charge is 0.0548 e. The van der Waals surface area contributed by atoms with E-state index in [1.165, 1.54) is 91.8 Å². The molecular weight excluding hydrogens is 613 g/mol. The highest BCUT2D eigenvalue weighted by Crippen LogP contribution is 2.43. The molecule has 0 unspecified atom stereocenters. The SMILES string of the molecule is CC(C)(C)c1ccc2c(c1)c1ccccc1n2-c1ccc(-c2ccc(-n3c4ccccc4c4c5c(ccc43)sc3ccccc35)cc2)cc1. The van der Waals surface area contributed by atoms with E-state index < -0.39 is 0 Å². The molecule has 49 heavy (non-hydrogen) atoms. The average molecular weight is 647 g/mol. The summed E-state index contributed by atoms with van der Waals surface area (Å²) >= 11 is 1.88. The molecule has 7 aromatic carbocycles. The molecule has 0 aliphatic carbocycles. The standard InChI is InChI=1S/C46H34N2S/c1-46(2,3)31-20-25-40-37(28-31)34-10-4-7-13-38(34)47(40)32-21-16-29(17-22-32)30-18-23-33(24-19-30)48-39-14-8-5-11-35(39)44-41(48)26-27-43-45(44)36-12-6-9-15-42(36)49-43/h4-28H,1-3H3. The van der Waals surface area contributed by atoms with Gasteiger partial charge >= 0.3 is 0 Å². The number of benzene rings is 7. The van der Waals surface area contributed by atoms with Gasteiger partial charge in [0.25, 0.3) is 0 Å². The third-order valence-electron chi connectivity index (χ3n) is 10.3. The second-order valence-corrected chi connectivity index (χ2v) is 15.3. The van der Waals surface area contributed by atoms with Crippen LogP contribution >= 0.6 is 11.3 Å². The topological polar surface area (TPSA) is 9.86 Å². The van der Waals surface area contributed by atoms with Gasteiger partial charge in [0.2, 0.25) is 0 Å². The summed E-state index contributed by atoms with van der Waals surface area (Å²) in [7, 11) is 0. The first-order chi connectivity index (χ1) is 23.9. The van der Waals surface area contributed by atoms with Crippen LogP contribution in [0, 0.1) is 0 Å². The molecule has 10 rings (SSSR count). The molecule has 0 saturated heterocycles. The van der Waals surface area contributed by atoms with Crippen LogP contribution in [0.2, 0.25) is 0 Å². The van der Waals surface area contributed by atoms with E-state index in [0.717, 1.165) is 0 Å². The Hall–Kier alpha value is -5.64. The monoisotopic (exact) mass is 646 g/mol. The molecule has 2 nitrogen and oxygen atoms in total. The van der Waals surface area contributed by atoms with Gasteiger partial charge in [-0.25, -0.2) is 0 Å². The average Bonchev–Trinajstić information content (AvgIpc) is 3.79. The van der Waals surface area contributed by atoms with Gasteiger partial charge in [0.1, 0.15) is 0 Å². The third kappa shape index (κ3) is 4.25. The fraction of sp³-hybridized carbons (Fsp3) is 0.0870. The van der Waals surface area contributed by atoms with Crippen molar-refractivity contribution in [1.29, 1.82) is 0 Å². The molecule has 0 aliphatic heterocycles. The summed E-state index contributed by atoms with van der Waals surface area (Å²) in [5.74, 6) is 0. The van der Waals surface area contributed by atoms with Crippen molar-refractivity contribution in [3.05, 3.63) is 157 Å². The Morgan fingerprint density at radius 1 is 0.408 bits per heavy atom. The second kappa shape index (κ2) is 10.4. The quantitative estimate of drug-likeness (QED) is 0.181. The van der Waals surface area contributed by atoms with Gasteiger partial charge in [-0.05, 0) is 88.8 Å². The van der Waals surface area contributed by atoms with Gasteiger partial charge in [-0.2, -0.15) is 0 Å². The molecule has 3 heteroatoms. The molecule has 0 saturated carbocycles. The molecule has 0 bridgehead atoms. The van der Waals surface area contributed by atoms with Crippen molar-refractivity contribution in [1.82, 2.24) is 9.13 Å². The van der Waals surface area contributed by atoms with Crippen molar-refractivity contribution in [2.45, 2.75) is 26.2 Å². The van der Waals surface area contributed by atoms with Gasteiger partial charge < -0.3 is 9.13 Å². The lowest BCUT2D eigenvalue weighted by Crippen LogP contribution is -2.10. The predicted octanol–water partition coefficient (Wildman–Crippen LogP) is 13.2. The Morgan fingerprint density at radius 2 is 0.939 bits per heavy atom. The van der Waals surface area contributed by atoms with E-state index in [1.807, 2.05) is 11.3 Å². The Morgan fingerprint density at radius 3 is 1.61 bits per heavy atom. The number of aromatic nitrogens is 2. The minimum absolute atomic E-state index is 0.0988. The van der Waals surface area contributed by atoms with Gasteiger partial charge in [0.15, 0.2) is 0 Å². The van der Waals surface area contributed by atoms with Crippen LogP contribution in [0.4, 0.5) is 0 Å². The van der Waals surface area contributed by atoms with E-state index in [1.54, 1.807) is 0 Å². The summed E-state index contributed by atoms with van der Waals surface area (Å²) in [5.41, 5.74) is 11.2. The Labute approximate surface area is 289 Å². The lowest BCUT2D eigenvalue weighted by molar-refractivity contribution is 0.591. The normalized spacial score (nSPS) is 12.4. The van der Waals surface area contributed by atoms with Crippen LogP contribution in [0.5, 0.6) is 0 Å². The summed E-state index contributed by atoms with van der Waals surface area (Å²) < 4.78 is 7.51. The van der Waals surface area contributed by atoms with E-state index in [2.05, 4.69) is 182 Å². The first-order valence-electron chi connectivity index (χ1n) is 17.0. The zero-order valence-corrected chi connectivity index (χ0v) is 28.6. The van der Waals surface area contributed by atoms with Crippen LogP contribution in [-0.4, -0.2) is 9.13 Å². The minimum Gasteiger partial charge on any atom is -0.309 e. The molecule has 0 amide bonds. The zero-order chi connectivity index (χ0) is 32.9. The van der Waals surface area contributed by atoms with Crippen LogP contribution < -0.4 is 0 Å². The maximum atomic E-state index is 2.43. The van der Waals surface area contributed by atoms with Crippen molar-refractivity contribution >= 4 is 75.1 Å². The van der Waals surface area contributed by atoms with Crippen LogP contribution in [0.3, 0.4) is 0 Å². The Kier molecular flexibility index (Phi) is 6.04. The number of rotatable bonds is 3. The predicted molar refractivity (Wildman–Crippen MR) is 212 cm³/mol. The summed E-state index contributed by atoms with van der Waals surface area (Å²) in [6.07, 6.45) is 0. The lowest BCUT2D eigenvalue weighted by Gasteiger charge is -2.19. The summed E-state index contributed by atoms with van der Waals surface area (Å²) in [4.78, 5) is 0. The molecule has 0 N–H and O–H groups in total. The lowest BCUT2D eigenvalue weighted by atomic mass is 9.86. The minimum atomic E-state index is 0.0988. The number of hydrogen-bond acceptors (Lipinski definition) is 1. The van der Waals surface area contributed by atoms with Crippen molar-refractivity contribution in [2.75, 3.05) is 0 Å². The Bertz CT molecular complexity index is 2890. The molecule has 0 aliphatic rings. The largest absolute Gasteiger partial charge is 0.309 e. The fourth-order valence-corrected chi connectivity index (χ4v) is 8.99. The zero-order valence-electron chi connectivity index (χ0n) is 27.7. The van der Waals surface area contributed by atoms with Gasteiger partial charge in [0, 0.05) is 53.1 Å². The van der Waals surface area contributed by atoms with Crippen LogP contribution in [-0.2, 0) is 5.41 Å². The van der Waals surface area contributed by atoms with Crippen molar-refractivity contribution < 1.29 is 0 Å². The van der Waals surface area contributed by atoms with Crippen molar-refractivity contribution in [3.63, 3.8) is 0 Å². The molecule has 0 atom stereocenters. The van der Waals surface area contributed by atoms with E-state index in [-0.39, 0.29) is 5.41 Å². The molecule has 0 radical (unpaired) electrons. The van der Waals surface area contributed by atoms with Crippen LogP contribution in [0.25, 0.3) is 86.3 Å². The number of hydrogen-bond donors (Lipinski definition) is 0. The highest BCUT2D eigenvalue weighted by molar-refractivity contribution is 7.26. The maximum Gasteiger partial charge on any atom is 0.0548 e. The molecular formula is C46H34N2S. The van der Waals surface area contributed by atoms with Gasteiger partial charge in [-0.3, -0.25) is 0 Å². The van der Waals surface area contributed by atoms with E-state index in [9.17, 15) is 0 Å². The molecule has 3 heterocycles. The summed E-state index contributed by atoms with van der Waals surface area (Å²) in [5, 5.41) is 7.94.